The number of rotatable bonds is 3. The molecule has 2 aromatic heterocycles. The van der Waals surface area contributed by atoms with E-state index in [1.54, 1.807) is 12.4 Å². The minimum Gasteiger partial charge on any atom is -0.305 e. The first kappa shape index (κ1) is 18.9. The number of hydrogen-bond acceptors (Lipinski definition) is 3. The molecule has 0 radical (unpaired) electrons. The van der Waals surface area contributed by atoms with Gasteiger partial charge in [-0.15, -0.1) is 0 Å². The van der Waals surface area contributed by atoms with Crippen LogP contribution in [0.4, 0.5) is 0 Å². The topological polar surface area (TPSA) is 42.9 Å². The van der Waals surface area contributed by atoms with Crippen molar-refractivity contribution < 1.29 is 4.57 Å². The predicted molar refractivity (Wildman–Crippen MR) is 134 cm³/mol. The molecule has 0 aliphatic carbocycles. The maximum absolute atomic E-state index is 15.1. The quantitative estimate of drug-likeness (QED) is 0.272. The van der Waals surface area contributed by atoms with Gasteiger partial charge in [0.15, 0.2) is 0 Å². The Kier molecular flexibility index (Phi) is 4.38. The van der Waals surface area contributed by atoms with Gasteiger partial charge in [0.05, 0.1) is 0 Å². The van der Waals surface area contributed by atoms with Crippen molar-refractivity contribution in [2.24, 2.45) is 0 Å². The standard InChI is InChI=1S/C28H19N2OP/c31-32(26-16-5-7-18-29-26,27-17-6-8-19-30-27)25-15-9-14-24-22-11-2-1-10-20(22)21-12-3-4-13-23(21)28(24)25/h1-19H. The molecule has 4 heteroatoms. The second-order valence-corrected chi connectivity index (χ2v) is 10.4. The minimum atomic E-state index is -3.33. The van der Waals surface area contributed by atoms with Crippen LogP contribution in [0.1, 0.15) is 0 Å². The second-order valence-electron chi connectivity index (χ2n) is 7.78. The van der Waals surface area contributed by atoms with Crippen LogP contribution < -0.4 is 16.2 Å². The molecule has 0 aliphatic heterocycles. The summed E-state index contributed by atoms with van der Waals surface area (Å²) in [6, 6.07) is 34.0. The second kappa shape index (κ2) is 7.40. The summed E-state index contributed by atoms with van der Waals surface area (Å²) in [5.41, 5.74) is 1.09. The minimum absolute atomic E-state index is 0.545. The Bertz CT molecular complexity index is 1560. The van der Waals surface area contributed by atoms with Crippen LogP contribution in [0.5, 0.6) is 0 Å². The average Bonchev–Trinajstić information content (AvgIpc) is 2.89. The molecule has 6 aromatic rings. The lowest BCUT2D eigenvalue weighted by atomic mass is 9.94. The molecule has 6 rings (SSSR count). The summed E-state index contributed by atoms with van der Waals surface area (Å²) < 4.78 is 15.1. The lowest BCUT2D eigenvalue weighted by Crippen LogP contribution is -2.29. The van der Waals surface area contributed by atoms with Gasteiger partial charge in [-0.2, -0.15) is 0 Å². The normalized spacial score (nSPS) is 11.9. The molecule has 0 atom stereocenters. The molecule has 0 N–H and O–H groups in total. The number of fused-ring (bicyclic) bond motifs is 6. The van der Waals surface area contributed by atoms with Gasteiger partial charge < -0.3 is 4.57 Å². The lowest BCUT2D eigenvalue weighted by molar-refractivity contribution is 0.591. The van der Waals surface area contributed by atoms with E-state index in [1.807, 2.05) is 54.6 Å². The van der Waals surface area contributed by atoms with Gasteiger partial charge in [-0.25, -0.2) is 0 Å². The molecule has 2 heterocycles. The molecule has 0 saturated heterocycles. The SMILES string of the molecule is O=P(c1ccccn1)(c1ccccn1)c1cccc2c3ccccc3c3ccccc3c12. The molecular weight excluding hydrogens is 411 g/mol. The fourth-order valence-electron chi connectivity index (χ4n) is 4.64. The van der Waals surface area contributed by atoms with Gasteiger partial charge in [0.25, 0.3) is 0 Å². The summed E-state index contributed by atoms with van der Waals surface area (Å²) >= 11 is 0. The first-order chi connectivity index (χ1) is 15.8. The van der Waals surface area contributed by atoms with Crippen molar-refractivity contribution in [2.45, 2.75) is 0 Å². The fraction of sp³-hybridized carbons (Fsp3) is 0. The van der Waals surface area contributed by atoms with Crippen LogP contribution in [0.3, 0.4) is 0 Å². The van der Waals surface area contributed by atoms with Crippen LogP contribution in [0.25, 0.3) is 32.3 Å². The van der Waals surface area contributed by atoms with E-state index in [0.717, 1.165) is 32.2 Å². The molecule has 4 aromatic carbocycles. The third kappa shape index (κ3) is 2.72. The highest BCUT2D eigenvalue weighted by Crippen LogP contribution is 2.45. The highest BCUT2D eigenvalue weighted by atomic mass is 31.2. The molecule has 0 amide bonds. The molecule has 0 bridgehead atoms. The smallest absolute Gasteiger partial charge is 0.206 e. The van der Waals surface area contributed by atoms with Crippen molar-refractivity contribution in [1.82, 2.24) is 9.97 Å². The van der Waals surface area contributed by atoms with E-state index >= 15 is 4.57 Å². The summed E-state index contributed by atoms with van der Waals surface area (Å²) in [6.07, 6.45) is 3.40. The van der Waals surface area contributed by atoms with Crippen LogP contribution in [0.2, 0.25) is 0 Å². The first-order valence-electron chi connectivity index (χ1n) is 10.5. The van der Waals surface area contributed by atoms with E-state index in [0.29, 0.717) is 10.9 Å². The van der Waals surface area contributed by atoms with E-state index in [1.165, 1.54) is 5.39 Å². The van der Waals surface area contributed by atoms with Crippen LogP contribution in [-0.4, -0.2) is 9.97 Å². The van der Waals surface area contributed by atoms with E-state index in [4.69, 9.17) is 0 Å². The highest BCUT2D eigenvalue weighted by molar-refractivity contribution is 7.85. The predicted octanol–water partition coefficient (Wildman–Crippen LogP) is 5.58. The van der Waals surface area contributed by atoms with Gasteiger partial charge in [0, 0.05) is 23.1 Å². The number of pyridine rings is 2. The molecule has 152 valence electrons. The van der Waals surface area contributed by atoms with Gasteiger partial charge in [-0.05, 0) is 51.2 Å². The summed E-state index contributed by atoms with van der Waals surface area (Å²) in [4.78, 5) is 9.10. The summed E-state index contributed by atoms with van der Waals surface area (Å²) in [7, 11) is -3.33. The molecular formula is C28H19N2OP. The molecule has 0 fully saturated rings. The Hall–Kier alpha value is -3.81. The van der Waals surface area contributed by atoms with Crippen LogP contribution in [-0.2, 0) is 4.57 Å². The van der Waals surface area contributed by atoms with Crippen LogP contribution >= 0.6 is 7.14 Å². The summed E-state index contributed by atoms with van der Waals surface area (Å²) in [5.74, 6) is 0. The van der Waals surface area contributed by atoms with Gasteiger partial charge >= 0.3 is 0 Å². The Morgan fingerprint density at radius 1 is 0.469 bits per heavy atom. The molecule has 32 heavy (non-hydrogen) atoms. The molecule has 0 saturated carbocycles. The third-order valence-electron chi connectivity index (χ3n) is 6.03. The number of nitrogens with zero attached hydrogens (tertiary/aromatic N) is 2. The van der Waals surface area contributed by atoms with E-state index in [9.17, 15) is 0 Å². The molecule has 0 spiro atoms. The van der Waals surface area contributed by atoms with E-state index < -0.39 is 7.14 Å². The third-order valence-corrected chi connectivity index (χ3v) is 8.90. The van der Waals surface area contributed by atoms with Gasteiger partial charge in [-0.3, -0.25) is 9.97 Å². The molecule has 3 nitrogen and oxygen atoms in total. The van der Waals surface area contributed by atoms with Crippen LogP contribution in [0, 0.1) is 0 Å². The van der Waals surface area contributed by atoms with Crippen molar-refractivity contribution in [2.75, 3.05) is 0 Å². The summed E-state index contributed by atoms with van der Waals surface area (Å²) in [6.45, 7) is 0. The Morgan fingerprint density at radius 2 is 0.906 bits per heavy atom. The van der Waals surface area contributed by atoms with E-state index in [-0.39, 0.29) is 0 Å². The summed E-state index contributed by atoms with van der Waals surface area (Å²) in [5, 5.41) is 7.44. The zero-order valence-corrected chi connectivity index (χ0v) is 18.1. The van der Waals surface area contributed by atoms with Crippen molar-refractivity contribution >= 4 is 55.6 Å². The largest absolute Gasteiger partial charge is 0.305 e. The Balaban J connectivity index is 1.85. The van der Waals surface area contributed by atoms with E-state index in [2.05, 4.69) is 58.5 Å². The van der Waals surface area contributed by atoms with Crippen molar-refractivity contribution in [3.8, 4) is 0 Å². The lowest BCUT2D eigenvalue weighted by Gasteiger charge is -2.21. The maximum atomic E-state index is 15.1. The van der Waals surface area contributed by atoms with Gasteiger partial charge in [0.2, 0.25) is 7.14 Å². The average molecular weight is 430 g/mol. The zero-order valence-electron chi connectivity index (χ0n) is 17.2. The molecule has 0 aliphatic rings. The highest BCUT2D eigenvalue weighted by Gasteiger charge is 2.34. The monoisotopic (exact) mass is 430 g/mol. The number of benzene rings is 4. The maximum Gasteiger partial charge on any atom is 0.206 e. The first-order valence-corrected chi connectivity index (χ1v) is 12.2. The van der Waals surface area contributed by atoms with Gasteiger partial charge in [0.1, 0.15) is 10.9 Å². The Labute approximate surface area is 185 Å². The molecule has 0 unspecified atom stereocenters. The fourth-order valence-corrected chi connectivity index (χ4v) is 7.27. The number of aromatic nitrogens is 2. The van der Waals surface area contributed by atoms with Crippen molar-refractivity contribution in [1.29, 1.82) is 0 Å². The van der Waals surface area contributed by atoms with Crippen LogP contribution in [0.15, 0.2) is 116 Å². The van der Waals surface area contributed by atoms with Crippen molar-refractivity contribution in [3.63, 3.8) is 0 Å². The Morgan fingerprint density at radius 3 is 1.41 bits per heavy atom. The van der Waals surface area contributed by atoms with Crippen molar-refractivity contribution in [3.05, 3.63) is 116 Å². The zero-order chi connectivity index (χ0) is 21.5. The van der Waals surface area contributed by atoms with Gasteiger partial charge in [-0.1, -0.05) is 78.9 Å². The number of hydrogen-bond donors (Lipinski definition) is 0.